The lowest BCUT2D eigenvalue weighted by atomic mass is 10.0. The smallest absolute Gasteiger partial charge is 0.261 e. The van der Waals surface area contributed by atoms with E-state index in [0.29, 0.717) is 0 Å². The molecule has 3 N–H and O–H groups in total. The van der Waals surface area contributed by atoms with Crippen LogP contribution in [0.4, 0.5) is 0 Å². The first-order valence-electron chi connectivity index (χ1n) is 6.04. The van der Waals surface area contributed by atoms with Gasteiger partial charge in [0.15, 0.2) is 0 Å². The van der Waals surface area contributed by atoms with Crippen LogP contribution in [0.1, 0.15) is 16.7 Å². The molecule has 0 radical (unpaired) electrons. The third-order valence-corrected chi connectivity index (χ3v) is 3.26. The number of rotatable bonds is 2. The summed E-state index contributed by atoms with van der Waals surface area (Å²) in [5.41, 5.74) is 9.49. The summed E-state index contributed by atoms with van der Waals surface area (Å²) >= 11 is 0. The van der Waals surface area contributed by atoms with Crippen LogP contribution in [0.3, 0.4) is 0 Å². The molecule has 0 aliphatic carbocycles. The van der Waals surface area contributed by atoms with E-state index in [4.69, 9.17) is 11.1 Å². The first-order chi connectivity index (χ1) is 8.91. The highest BCUT2D eigenvalue weighted by molar-refractivity contribution is 5.94. The van der Waals surface area contributed by atoms with Crippen LogP contribution in [-0.4, -0.2) is 10.4 Å². The average molecular weight is 255 g/mol. The molecule has 0 aliphatic rings. The van der Waals surface area contributed by atoms with Crippen LogP contribution in [0.25, 0.3) is 11.3 Å². The highest BCUT2D eigenvalue weighted by atomic mass is 16.1. The van der Waals surface area contributed by atoms with Crippen LogP contribution in [0.2, 0.25) is 0 Å². The Morgan fingerprint density at radius 1 is 1.21 bits per heavy atom. The number of pyridine rings is 1. The van der Waals surface area contributed by atoms with E-state index in [1.54, 1.807) is 17.7 Å². The minimum Gasteiger partial charge on any atom is -0.384 e. The lowest BCUT2D eigenvalue weighted by Crippen LogP contribution is -2.28. The molecule has 0 atom stereocenters. The Kier molecular flexibility index (Phi) is 3.25. The second-order valence-electron chi connectivity index (χ2n) is 4.73. The number of nitrogens with one attached hydrogen (secondary N) is 1. The standard InChI is InChI=1S/C15H17N3O/c1-9-4-5-10(2)12(8-9)13-7-6-11(14(16)17)15(19)18(13)3/h4-8H,1-3H3,(H3,16,17). The molecule has 1 aromatic heterocycles. The second kappa shape index (κ2) is 4.72. The van der Waals surface area contributed by atoms with Crippen LogP contribution in [0.5, 0.6) is 0 Å². The van der Waals surface area contributed by atoms with Crippen LogP contribution < -0.4 is 11.3 Å². The molecule has 19 heavy (non-hydrogen) atoms. The topological polar surface area (TPSA) is 71.9 Å². The Morgan fingerprint density at radius 3 is 2.53 bits per heavy atom. The zero-order valence-electron chi connectivity index (χ0n) is 11.3. The molecule has 2 aromatic rings. The molecule has 0 saturated carbocycles. The van der Waals surface area contributed by atoms with Crippen LogP contribution in [-0.2, 0) is 7.05 Å². The minimum atomic E-state index is -0.245. The van der Waals surface area contributed by atoms with Gasteiger partial charge in [-0.1, -0.05) is 17.7 Å². The predicted octanol–water partition coefficient (Wildman–Crippen LogP) is 1.95. The second-order valence-corrected chi connectivity index (χ2v) is 4.73. The molecule has 4 heteroatoms. The van der Waals surface area contributed by atoms with Gasteiger partial charge in [-0.15, -0.1) is 0 Å². The average Bonchev–Trinajstić information content (AvgIpc) is 2.35. The van der Waals surface area contributed by atoms with Gasteiger partial charge < -0.3 is 10.3 Å². The summed E-state index contributed by atoms with van der Waals surface area (Å²) in [6.07, 6.45) is 0. The fourth-order valence-electron chi connectivity index (χ4n) is 2.12. The van der Waals surface area contributed by atoms with Crippen molar-refractivity contribution in [1.82, 2.24) is 4.57 Å². The minimum absolute atomic E-state index is 0.201. The molecule has 1 heterocycles. The molecule has 0 unspecified atom stereocenters. The van der Waals surface area contributed by atoms with E-state index in [1.807, 2.05) is 32.0 Å². The number of hydrogen-bond acceptors (Lipinski definition) is 2. The van der Waals surface area contributed by atoms with Gasteiger partial charge in [0.2, 0.25) is 0 Å². The number of hydrogen-bond donors (Lipinski definition) is 2. The largest absolute Gasteiger partial charge is 0.384 e. The summed E-state index contributed by atoms with van der Waals surface area (Å²) < 4.78 is 1.54. The molecule has 0 fully saturated rings. The van der Waals surface area contributed by atoms with Gasteiger partial charge >= 0.3 is 0 Å². The van der Waals surface area contributed by atoms with Crippen molar-refractivity contribution >= 4 is 5.84 Å². The van der Waals surface area contributed by atoms with E-state index in [9.17, 15) is 4.79 Å². The zero-order valence-corrected chi connectivity index (χ0v) is 11.3. The lowest BCUT2D eigenvalue weighted by Gasteiger charge is -2.13. The van der Waals surface area contributed by atoms with Crippen molar-refractivity contribution in [3.63, 3.8) is 0 Å². The number of nitrogen functional groups attached to an aromatic ring is 1. The number of nitrogens with two attached hydrogens (primary N) is 1. The fraction of sp³-hybridized carbons (Fsp3) is 0.200. The molecular weight excluding hydrogens is 238 g/mol. The van der Waals surface area contributed by atoms with Gasteiger partial charge in [0.05, 0.1) is 11.3 Å². The van der Waals surface area contributed by atoms with Gasteiger partial charge in [-0.25, -0.2) is 0 Å². The van der Waals surface area contributed by atoms with Gasteiger partial charge in [-0.3, -0.25) is 10.2 Å². The normalized spacial score (nSPS) is 10.5. The maximum Gasteiger partial charge on any atom is 0.261 e. The first-order valence-corrected chi connectivity index (χ1v) is 6.04. The highest BCUT2D eigenvalue weighted by Crippen LogP contribution is 2.23. The fourth-order valence-corrected chi connectivity index (χ4v) is 2.12. The first kappa shape index (κ1) is 13.1. The highest BCUT2D eigenvalue weighted by Gasteiger charge is 2.11. The molecule has 0 amide bonds. The molecular formula is C15H17N3O. The van der Waals surface area contributed by atoms with E-state index < -0.39 is 0 Å². The summed E-state index contributed by atoms with van der Waals surface area (Å²) in [6.45, 7) is 4.03. The number of nitrogens with zero attached hydrogens (tertiary/aromatic N) is 1. The third kappa shape index (κ3) is 2.29. The predicted molar refractivity (Wildman–Crippen MR) is 77.6 cm³/mol. The molecule has 0 aliphatic heterocycles. The summed E-state index contributed by atoms with van der Waals surface area (Å²) in [7, 11) is 1.70. The van der Waals surface area contributed by atoms with Crippen molar-refractivity contribution in [1.29, 1.82) is 5.41 Å². The summed E-state index contributed by atoms with van der Waals surface area (Å²) in [5.74, 6) is -0.201. The maximum absolute atomic E-state index is 12.1. The Morgan fingerprint density at radius 2 is 1.89 bits per heavy atom. The summed E-state index contributed by atoms with van der Waals surface area (Å²) in [5, 5.41) is 7.39. The van der Waals surface area contributed by atoms with Gasteiger partial charge in [0.25, 0.3) is 5.56 Å². The van der Waals surface area contributed by atoms with Gasteiger partial charge in [0.1, 0.15) is 5.84 Å². The molecule has 0 saturated heterocycles. The van der Waals surface area contributed by atoms with E-state index in [-0.39, 0.29) is 17.0 Å². The lowest BCUT2D eigenvalue weighted by molar-refractivity contribution is 0.865. The Balaban J connectivity index is 2.71. The van der Waals surface area contributed by atoms with Crippen molar-refractivity contribution in [3.05, 3.63) is 57.4 Å². The molecule has 0 spiro atoms. The van der Waals surface area contributed by atoms with Crippen molar-refractivity contribution in [3.8, 4) is 11.3 Å². The molecule has 2 rings (SSSR count). The van der Waals surface area contributed by atoms with Crippen molar-refractivity contribution in [2.24, 2.45) is 12.8 Å². The quantitative estimate of drug-likeness (QED) is 0.636. The third-order valence-electron chi connectivity index (χ3n) is 3.26. The molecule has 98 valence electrons. The monoisotopic (exact) mass is 255 g/mol. The molecule has 0 bridgehead atoms. The zero-order chi connectivity index (χ0) is 14.2. The van der Waals surface area contributed by atoms with Gasteiger partial charge in [-0.05, 0) is 37.6 Å². The van der Waals surface area contributed by atoms with Crippen molar-refractivity contribution < 1.29 is 0 Å². The molecule has 1 aromatic carbocycles. The number of aromatic nitrogens is 1. The van der Waals surface area contributed by atoms with E-state index in [1.165, 1.54) is 0 Å². The van der Waals surface area contributed by atoms with E-state index >= 15 is 0 Å². The number of amidine groups is 1. The van der Waals surface area contributed by atoms with Crippen molar-refractivity contribution in [2.75, 3.05) is 0 Å². The van der Waals surface area contributed by atoms with E-state index in [2.05, 4.69) is 6.07 Å². The van der Waals surface area contributed by atoms with Crippen LogP contribution >= 0.6 is 0 Å². The Hall–Kier alpha value is -2.36. The molecule has 4 nitrogen and oxygen atoms in total. The van der Waals surface area contributed by atoms with E-state index in [0.717, 1.165) is 22.4 Å². The maximum atomic E-state index is 12.1. The number of benzene rings is 1. The van der Waals surface area contributed by atoms with Crippen molar-refractivity contribution in [2.45, 2.75) is 13.8 Å². The Bertz CT molecular complexity index is 714. The Labute approximate surface area is 112 Å². The summed E-state index contributed by atoms with van der Waals surface area (Å²) in [4.78, 5) is 12.1. The van der Waals surface area contributed by atoms with Crippen LogP contribution in [0.15, 0.2) is 35.1 Å². The summed E-state index contributed by atoms with van der Waals surface area (Å²) in [6, 6.07) is 9.58. The van der Waals surface area contributed by atoms with Gasteiger partial charge in [-0.2, -0.15) is 0 Å². The van der Waals surface area contributed by atoms with Crippen LogP contribution in [0, 0.1) is 19.3 Å². The number of aryl methyl sites for hydroxylation is 2. The van der Waals surface area contributed by atoms with Gasteiger partial charge in [0, 0.05) is 12.6 Å². The SMILES string of the molecule is Cc1ccc(C)c(-c2ccc(C(=N)N)c(=O)n2C)c1.